The van der Waals surface area contributed by atoms with Crippen LogP contribution >= 0.6 is 0 Å². The van der Waals surface area contributed by atoms with Crippen molar-refractivity contribution >= 4 is 5.96 Å². The molecule has 1 aromatic heterocycles. The van der Waals surface area contributed by atoms with Gasteiger partial charge >= 0.3 is 6.18 Å². The van der Waals surface area contributed by atoms with Crippen molar-refractivity contribution in [3.63, 3.8) is 0 Å². The number of alkyl halides is 3. The van der Waals surface area contributed by atoms with Gasteiger partial charge in [-0.3, -0.25) is 0 Å². The topological polar surface area (TPSA) is 54.2 Å². The molecule has 0 atom stereocenters. The van der Waals surface area contributed by atoms with E-state index in [1.54, 1.807) is 6.20 Å². The van der Waals surface area contributed by atoms with E-state index < -0.39 is 11.7 Å². The first kappa shape index (κ1) is 20.8. The SMILES string of the molecule is CCNC(=NCc1ccc(C(F)(F)F)cc1)NCc1nccn1CC(C)C. The van der Waals surface area contributed by atoms with E-state index >= 15 is 0 Å². The van der Waals surface area contributed by atoms with Gasteiger partial charge in [0.25, 0.3) is 0 Å². The lowest BCUT2D eigenvalue weighted by atomic mass is 10.1. The zero-order valence-corrected chi connectivity index (χ0v) is 15.8. The molecule has 0 fully saturated rings. The highest BCUT2D eigenvalue weighted by atomic mass is 19.4. The number of hydrogen-bond acceptors (Lipinski definition) is 2. The van der Waals surface area contributed by atoms with Crippen LogP contribution in [0.15, 0.2) is 41.7 Å². The number of benzene rings is 1. The maximum atomic E-state index is 12.6. The van der Waals surface area contributed by atoms with Crippen LogP contribution in [0.3, 0.4) is 0 Å². The number of guanidine groups is 1. The monoisotopic (exact) mass is 381 g/mol. The smallest absolute Gasteiger partial charge is 0.357 e. The molecule has 0 amide bonds. The van der Waals surface area contributed by atoms with Gasteiger partial charge in [0.05, 0.1) is 18.7 Å². The van der Waals surface area contributed by atoms with Crippen LogP contribution in [-0.4, -0.2) is 22.1 Å². The van der Waals surface area contributed by atoms with Gasteiger partial charge in [-0.2, -0.15) is 13.2 Å². The van der Waals surface area contributed by atoms with Gasteiger partial charge in [-0.25, -0.2) is 9.98 Å². The van der Waals surface area contributed by atoms with Gasteiger partial charge in [-0.15, -0.1) is 0 Å². The number of aliphatic imine (C=N–C) groups is 1. The van der Waals surface area contributed by atoms with Gasteiger partial charge in [-0.05, 0) is 30.5 Å². The van der Waals surface area contributed by atoms with Gasteiger partial charge in [0, 0.05) is 25.5 Å². The van der Waals surface area contributed by atoms with Crippen LogP contribution in [0.2, 0.25) is 0 Å². The third-order valence-electron chi connectivity index (χ3n) is 3.82. The van der Waals surface area contributed by atoms with E-state index in [1.807, 2.05) is 13.1 Å². The van der Waals surface area contributed by atoms with E-state index in [0.717, 1.165) is 24.5 Å². The Morgan fingerprint density at radius 2 is 1.89 bits per heavy atom. The van der Waals surface area contributed by atoms with E-state index in [1.165, 1.54) is 12.1 Å². The van der Waals surface area contributed by atoms with Crippen molar-refractivity contribution in [1.82, 2.24) is 20.2 Å². The number of halogens is 3. The molecule has 0 saturated carbocycles. The summed E-state index contributed by atoms with van der Waals surface area (Å²) in [5.74, 6) is 2.01. The molecule has 0 aliphatic heterocycles. The van der Waals surface area contributed by atoms with Crippen molar-refractivity contribution in [2.45, 2.75) is 46.6 Å². The molecule has 0 saturated heterocycles. The number of rotatable bonds is 7. The molecule has 1 heterocycles. The molecule has 0 bridgehead atoms. The Hall–Kier alpha value is -2.51. The molecule has 5 nitrogen and oxygen atoms in total. The van der Waals surface area contributed by atoms with Crippen LogP contribution in [0.5, 0.6) is 0 Å². The zero-order chi connectivity index (χ0) is 19.9. The summed E-state index contributed by atoms with van der Waals surface area (Å²) >= 11 is 0. The van der Waals surface area contributed by atoms with E-state index in [2.05, 4.69) is 39.0 Å². The molecular formula is C19H26F3N5. The van der Waals surface area contributed by atoms with Gasteiger partial charge in [0.1, 0.15) is 5.82 Å². The summed E-state index contributed by atoms with van der Waals surface area (Å²) in [6.07, 6.45) is -0.606. The molecule has 2 rings (SSSR count). The van der Waals surface area contributed by atoms with Crippen molar-refractivity contribution in [2.24, 2.45) is 10.9 Å². The van der Waals surface area contributed by atoms with E-state index in [4.69, 9.17) is 0 Å². The fourth-order valence-electron chi connectivity index (χ4n) is 2.54. The summed E-state index contributed by atoms with van der Waals surface area (Å²) in [5, 5.41) is 6.35. The first-order valence-electron chi connectivity index (χ1n) is 8.98. The molecule has 0 radical (unpaired) electrons. The molecule has 0 spiro atoms. The summed E-state index contributed by atoms with van der Waals surface area (Å²) in [6, 6.07) is 5.05. The molecule has 8 heteroatoms. The third-order valence-corrected chi connectivity index (χ3v) is 3.82. The van der Waals surface area contributed by atoms with Crippen LogP contribution < -0.4 is 10.6 Å². The lowest BCUT2D eigenvalue weighted by Gasteiger charge is -2.14. The standard InChI is InChI=1S/C19H26F3N5/c1-4-23-18(26-12-17-24-9-10-27(17)13-14(2)3)25-11-15-5-7-16(8-6-15)19(20,21)22/h5-10,14H,4,11-13H2,1-3H3,(H2,23,25,26). The fraction of sp³-hybridized carbons (Fsp3) is 0.474. The molecule has 2 N–H and O–H groups in total. The van der Waals surface area contributed by atoms with Crippen LogP contribution in [0.1, 0.15) is 37.7 Å². The molecule has 0 aliphatic carbocycles. The van der Waals surface area contributed by atoms with Gasteiger partial charge in [-0.1, -0.05) is 26.0 Å². The van der Waals surface area contributed by atoms with Crippen molar-refractivity contribution in [2.75, 3.05) is 6.54 Å². The minimum absolute atomic E-state index is 0.286. The van der Waals surface area contributed by atoms with Crippen LogP contribution in [0.4, 0.5) is 13.2 Å². The van der Waals surface area contributed by atoms with Crippen molar-refractivity contribution < 1.29 is 13.2 Å². The summed E-state index contributed by atoms with van der Waals surface area (Å²) in [4.78, 5) is 8.81. The second-order valence-electron chi connectivity index (χ2n) is 6.63. The second kappa shape index (κ2) is 9.43. The normalized spacial score (nSPS) is 12.5. The van der Waals surface area contributed by atoms with E-state index in [9.17, 15) is 13.2 Å². The quantitative estimate of drug-likeness (QED) is 0.566. The predicted octanol–water partition coefficient (Wildman–Crippen LogP) is 3.81. The maximum Gasteiger partial charge on any atom is 0.416 e. The van der Waals surface area contributed by atoms with Gasteiger partial charge < -0.3 is 15.2 Å². The lowest BCUT2D eigenvalue weighted by Crippen LogP contribution is -2.37. The Bertz CT molecular complexity index is 733. The van der Waals surface area contributed by atoms with Gasteiger partial charge in [0.2, 0.25) is 0 Å². The third kappa shape index (κ3) is 6.62. The Labute approximate surface area is 157 Å². The minimum Gasteiger partial charge on any atom is -0.357 e. The summed E-state index contributed by atoms with van der Waals surface area (Å²) < 4.78 is 40.0. The van der Waals surface area contributed by atoms with Crippen molar-refractivity contribution in [1.29, 1.82) is 0 Å². The van der Waals surface area contributed by atoms with Crippen molar-refractivity contribution in [3.8, 4) is 0 Å². The Morgan fingerprint density at radius 1 is 1.19 bits per heavy atom. The number of nitrogens with zero attached hydrogens (tertiary/aromatic N) is 3. The largest absolute Gasteiger partial charge is 0.416 e. The lowest BCUT2D eigenvalue weighted by molar-refractivity contribution is -0.137. The van der Waals surface area contributed by atoms with Crippen molar-refractivity contribution in [3.05, 3.63) is 53.6 Å². The second-order valence-corrected chi connectivity index (χ2v) is 6.63. The predicted molar refractivity (Wildman–Crippen MR) is 100 cm³/mol. The minimum atomic E-state index is -4.32. The Morgan fingerprint density at radius 3 is 2.48 bits per heavy atom. The van der Waals surface area contributed by atoms with Gasteiger partial charge in [0.15, 0.2) is 5.96 Å². The van der Waals surface area contributed by atoms with Crippen LogP contribution in [0, 0.1) is 5.92 Å². The molecule has 2 aromatic rings. The molecule has 1 aromatic carbocycles. The number of aromatic nitrogens is 2. The Kier molecular flexibility index (Phi) is 7.27. The first-order valence-corrected chi connectivity index (χ1v) is 8.98. The maximum absolute atomic E-state index is 12.6. The summed E-state index contributed by atoms with van der Waals surface area (Å²) in [7, 11) is 0. The first-order chi connectivity index (χ1) is 12.8. The molecule has 0 unspecified atom stereocenters. The zero-order valence-electron chi connectivity index (χ0n) is 15.8. The molecular weight excluding hydrogens is 355 g/mol. The highest BCUT2D eigenvalue weighted by Crippen LogP contribution is 2.29. The van der Waals surface area contributed by atoms with E-state index in [0.29, 0.717) is 30.5 Å². The number of nitrogens with one attached hydrogen (secondary N) is 2. The van der Waals surface area contributed by atoms with E-state index in [-0.39, 0.29) is 6.54 Å². The fourth-order valence-corrected chi connectivity index (χ4v) is 2.54. The average molecular weight is 381 g/mol. The number of imidazole rings is 1. The molecule has 0 aliphatic rings. The highest BCUT2D eigenvalue weighted by molar-refractivity contribution is 5.79. The average Bonchev–Trinajstić information content (AvgIpc) is 3.03. The summed E-state index contributed by atoms with van der Waals surface area (Å²) in [5.41, 5.74) is 0.0544. The summed E-state index contributed by atoms with van der Waals surface area (Å²) in [6.45, 7) is 8.61. The highest BCUT2D eigenvalue weighted by Gasteiger charge is 2.29. The number of hydrogen-bond donors (Lipinski definition) is 2. The molecule has 27 heavy (non-hydrogen) atoms. The molecule has 148 valence electrons. The van der Waals surface area contributed by atoms with Crippen LogP contribution in [0.25, 0.3) is 0 Å². The van der Waals surface area contributed by atoms with Crippen LogP contribution in [-0.2, 0) is 25.8 Å². The Balaban J connectivity index is 1.99.